The molecule has 2 aliphatic heterocycles. The number of hydrogen-bond acceptors (Lipinski definition) is 4. The molecule has 2 atom stereocenters. The Hall–Kier alpha value is -0.950. The average molecular weight is 302 g/mol. The van der Waals surface area contributed by atoms with Crippen molar-refractivity contribution in [3.05, 3.63) is 0 Å². The van der Waals surface area contributed by atoms with Crippen LogP contribution in [0, 0.1) is 0 Å². The van der Waals surface area contributed by atoms with Crippen LogP contribution in [0.2, 0.25) is 0 Å². The van der Waals surface area contributed by atoms with Crippen LogP contribution in [0.5, 0.6) is 0 Å². The first-order chi connectivity index (χ1) is 9.66. The molecule has 2 aliphatic rings. The molecule has 0 aromatic carbocycles. The summed E-state index contributed by atoms with van der Waals surface area (Å²) < 4.78 is 5.51. The summed E-state index contributed by atoms with van der Waals surface area (Å²) in [5, 5.41) is 11.8. The van der Waals surface area contributed by atoms with Gasteiger partial charge in [-0.05, 0) is 19.3 Å². The maximum atomic E-state index is 12.1. The van der Waals surface area contributed by atoms with Gasteiger partial charge in [-0.2, -0.15) is 11.8 Å². The van der Waals surface area contributed by atoms with E-state index in [1.54, 1.807) is 16.7 Å². The quantitative estimate of drug-likeness (QED) is 0.796. The third-order valence-corrected chi connectivity index (χ3v) is 4.76. The molecule has 0 aromatic rings. The lowest BCUT2D eigenvalue weighted by Crippen LogP contribution is -2.51. The van der Waals surface area contributed by atoms with Crippen molar-refractivity contribution in [3.63, 3.8) is 0 Å². The van der Waals surface area contributed by atoms with E-state index in [1.807, 2.05) is 0 Å². The summed E-state index contributed by atoms with van der Waals surface area (Å²) in [6, 6.07) is -0.344. The number of carbonyl (C=O) groups excluding carboxylic acids is 1. The van der Waals surface area contributed by atoms with Gasteiger partial charge in [0.15, 0.2) is 0 Å². The summed E-state index contributed by atoms with van der Waals surface area (Å²) in [6.07, 6.45) is 3.28. The summed E-state index contributed by atoms with van der Waals surface area (Å²) in [6.45, 7) is 2.03. The number of carboxylic acids is 1. The third kappa shape index (κ3) is 4.56. The summed E-state index contributed by atoms with van der Waals surface area (Å²) in [5.74, 6) is 0.718. The summed E-state index contributed by atoms with van der Waals surface area (Å²) in [4.78, 5) is 24.6. The molecule has 20 heavy (non-hydrogen) atoms. The smallest absolute Gasteiger partial charge is 0.317 e. The van der Waals surface area contributed by atoms with Crippen molar-refractivity contribution in [2.75, 3.05) is 31.2 Å². The number of thioether (sulfide) groups is 1. The number of carbonyl (C=O) groups is 2. The number of carboxylic acid groups (broad SMARTS) is 1. The predicted octanol–water partition coefficient (Wildman–Crippen LogP) is 1.16. The maximum Gasteiger partial charge on any atom is 0.317 e. The van der Waals surface area contributed by atoms with E-state index in [-0.39, 0.29) is 24.6 Å². The average Bonchev–Trinajstić information content (AvgIpc) is 2.91. The van der Waals surface area contributed by atoms with Gasteiger partial charge in [-0.3, -0.25) is 4.79 Å². The first-order valence-electron chi connectivity index (χ1n) is 7.12. The molecule has 2 rings (SSSR count). The van der Waals surface area contributed by atoms with Gasteiger partial charge in [0.1, 0.15) is 0 Å². The molecule has 2 N–H and O–H groups in total. The summed E-state index contributed by atoms with van der Waals surface area (Å²) >= 11 is 1.71. The first-order valence-corrected chi connectivity index (χ1v) is 8.28. The standard InChI is InChI=1S/C13H22N2O4S/c16-12(17)8-10-9-20-7-5-15(10)13(18)14-4-3-11-2-1-6-19-11/h10-11H,1-9H2,(H,14,18)(H,16,17). The number of amides is 2. The van der Waals surface area contributed by atoms with Gasteiger partial charge in [0.05, 0.1) is 18.6 Å². The van der Waals surface area contributed by atoms with Crippen LogP contribution in [0.15, 0.2) is 0 Å². The minimum absolute atomic E-state index is 0.0200. The fourth-order valence-corrected chi connectivity index (χ4v) is 3.67. The SMILES string of the molecule is O=C(O)CC1CSCCN1C(=O)NCCC1CCCO1. The van der Waals surface area contributed by atoms with Crippen molar-refractivity contribution in [2.45, 2.75) is 37.8 Å². The highest BCUT2D eigenvalue weighted by molar-refractivity contribution is 7.99. The summed E-state index contributed by atoms with van der Waals surface area (Å²) in [7, 11) is 0. The zero-order valence-corrected chi connectivity index (χ0v) is 12.4. The Morgan fingerprint density at radius 3 is 3.00 bits per heavy atom. The lowest BCUT2D eigenvalue weighted by Gasteiger charge is -2.34. The van der Waals surface area contributed by atoms with Crippen LogP contribution in [0.4, 0.5) is 4.79 Å². The molecule has 0 radical (unpaired) electrons. The van der Waals surface area contributed by atoms with Crippen LogP contribution in [0.25, 0.3) is 0 Å². The molecule has 2 fully saturated rings. The Morgan fingerprint density at radius 1 is 1.45 bits per heavy atom. The summed E-state index contributed by atoms with van der Waals surface area (Å²) in [5.41, 5.74) is 0. The van der Waals surface area contributed by atoms with Crippen molar-refractivity contribution in [1.29, 1.82) is 0 Å². The monoisotopic (exact) mass is 302 g/mol. The zero-order valence-electron chi connectivity index (χ0n) is 11.5. The van der Waals surface area contributed by atoms with E-state index in [0.717, 1.165) is 31.6 Å². The van der Waals surface area contributed by atoms with Gasteiger partial charge in [0.25, 0.3) is 0 Å². The Labute approximate surface area is 123 Å². The number of rotatable bonds is 5. The Morgan fingerprint density at radius 2 is 2.30 bits per heavy atom. The van der Waals surface area contributed by atoms with Gasteiger partial charge >= 0.3 is 12.0 Å². The number of nitrogens with zero attached hydrogens (tertiary/aromatic N) is 1. The van der Waals surface area contributed by atoms with Crippen LogP contribution < -0.4 is 5.32 Å². The molecular formula is C13H22N2O4S. The van der Waals surface area contributed by atoms with E-state index in [9.17, 15) is 9.59 Å². The third-order valence-electron chi connectivity index (χ3n) is 3.67. The Bertz CT molecular complexity index is 347. The fraction of sp³-hybridized carbons (Fsp3) is 0.846. The number of nitrogens with one attached hydrogen (secondary N) is 1. The van der Waals surface area contributed by atoms with Gasteiger partial charge in [-0.1, -0.05) is 0 Å². The molecule has 2 saturated heterocycles. The number of urea groups is 1. The molecule has 2 unspecified atom stereocenters. The van der Waals surface area contributed by atoms with Gasteiger partial charge in [-0.25, -0.2) is 4.79 Å². The van der Waals surface area contributed by atoms with Gasteiger partial charge in [0, 0.05) is 31.2 Å². The minimum Gasteiger partial charge on any atom is -0.481 e. The molecule has 6 nitrogen and oxygen atoms in total. The molecule has 114 valence electrons. The number of ether oxygens (including phenoxy) is 1. The lowest BCUT2D eigenvalue weighted by molar-refractivity contribution is -0.137. The van der Waals surface area contributed by atoms with Crippen molar-refractivity contribution in [1.82, 2.24) is 10.2 Å². The molecule has 0 saturated carbocycles. The van der Waals surface area contributed by atoms with E-state index in [2.05, 4.69) is 5.32 Å². The van der Waals surface area contributed by atoms with E-state index >= 15 is 0 Å². The second-order valence-electron chi connectivity index (χ2n) is 5.18. The van der Waals surface area contributed by atoms with E-state index < -0.39 is 5.97 Å². The van der Waals surface area contributed by atoms with Gasteiger partial charge in [0.2, 0.25) is 0 Å². The normalized spacial score (nSPS) is 26.5. The largest absolute Gasteiger partial charge is 0.481 e. The second kappa shape index (κ2) is 7.73. The molecule has 2 amide bonds. The molecule has 0 aliphatic carbocycles. The van der Waals surface area contributed by atoms with Crippen LogP contribution in [0.1, 0.15) is 25.7 Å². The lowest BCUT2D eigenvalue weighted by atomic mass is 10.2. The molecule has 0 aromatic heterocycles. The van der Waals surface area contributed by atoms with E-state index in [4.69, 9.17) is 9.84 Å². The molecule has 2 heterocycles. The Balaban J connectivity index is 1.74. The Kier molecular flexibility index (Phi) is 5.97. The predicted molar refractivity (Wildman–Crippen MR) is 77.1 cm³/mol. The fourth-order valence-electron chi connectivity index (χ4n) is 2.61. The van der Waals surface area contributed by atoms with Crippen molar-refractivity contribution in [2.24, 2.45) is 0 Å². The highest BCUT2D eigenvalue weighted by Gasteiger charge is 2.28. The first kappa shape index (κ1) is 15.4. The molecule has 0 bridgehead atoms. The maximum absolute atomic E-state index is 12.1. The number of aliphatic carboxylic acids is 1. The van der Waals surface area contributed by atoms with Crippen LogP contribution in [-0.4, -0.2) is 65.4 Å². The number of hydrogen-bond donors (Lipinski definition) is 2. The topological polar surface area (TPSA) is 78.9 Å². The van der Waals surface area contributed by atoms with Crippen LogP contribution in [-0.2, 0) is 9.53 Å². The van der Waals surface area contributed by atoms with Gasteiger partial charge < -0.3 is 20.1 Å². The molecular weight excluding hydrogens is 280 g/mol. The highest BCUT2D eigenvalue weighted by Crippen LogP contribution is 2.19. The van der Waals surface area contributed by atoms with Crippen molar-refractivity contribution in [3.8, 4) is 0 Å². The molecule has 0 spiro atoms. The van der Waals surface area contributed by atoms with Crippen molar-refractivity contribution < 1.29 is 19.4 Å². The van der Waals surface area contributed by atoms with Crippen molar-refractivity contribution >= 4 is 23.8 Å². The van der Waals surface area contributed by atoms with E-state index in [1.165, 1.54) is 0 Å². The highest BCUT2D eigenvalue weighted by atomic mass is 32.2. The minimum atomic E-state index is -0.852. The van der Waals surface area contributed by atoms with E-state index in [0.29, 0.717) is 18.8 Å². The second-order valence-corrected chi connectivity index (χ2v) is 6.33. The van der Waals surface area contributed by atoms with Crippen LogP contribution >= 0.6 is 11.8 Å². The zero-order chi connectivity index (χ0) is 14.4. The van der Waals surface area contributed by atoms with Crippen LogP contribution in [0.3, 0.4) is 0 Å². The van der Waals surface area contributed by atoms with Gasteiger partial charge in [-0.15, -0.1) is 0 Å². The molecule has 7 heteroatoms.